The van der Waals surface area contributed by atoms with Crippen molar-refractivity contribution in [3.63, 3.8) is 0 Å². The number of carbonyl (C=O) groups is 2. The van der Waals surface area contributed by atoms with Crippen molar-refractivity contribution in [2.45, 2.75) is 18.3 Å². The molecule has 0 aliphatic carbocycles. The molecular formula is C16H13FN2O4. The Bertz CT molecular complexity index is 762. The summed E-state index contributed by atoms with van der Waals surface area (Å²) in [7, 11) is 1.51. The first-order chi connectivity index (χ1) is 11.1. The lowest BCUT2D eigenvalue weighted by Gasteiger charge is -2.26. The first-order valence-electron chi connectivity index (χ1n) is 7.54. The molecule has 6 atom stereocenters. The lowest BCUT2D eigenvalue weighted by Crippen LogP contribution is -2.45. The molecule has 0 radical (unpaired) electrons. The van der Waals surface area contributed by atoms with Crippen LogP contribution in [0.5, 0.6) is 0 Å². The van der Waals surface area contributed by atoms with Crippen LogP contribution in [0.4, 0.5) is 4.39 Å². The molecule has 5 rings (SSSR count). The third kappa shape index (κ3) is 1.48. The SMILES string of the molecule is CN1C(=O)C2C3OC(C4C(c5ccc(F)cc5)=NOC34)C2C1=O. The number of carbonyl (C=O) groups excluding carboxylic acids is 2. The van der Waals surface area contributed by atoms with Crippen LogP contribution in [0.2, 0.25) is 0 Å². The minimum atomic E-state index is -0.471. The molecule has 4 heterocycles. The summed E-state index contributed by atoms with van der Waals surface area (Å²) in [6, 6.07) is 5.99. The minimum absolute atomic E-state index is 0.198. The Morgan fingerprint density at radius 3 is 2.35 bits per heavy atom. The highest BCUT2D eigenvalue weighted by molar-refractivity contribution is 6.09. The zero-order chi connectivity index (χ0) is 15.9. The summed E-state index contributed by atoms with van der Waals surface area (Å²) in [6.07, 6.45) is -1.22. The van der Waals surface area contributed by atoms with Crippen molar-refractivity contribution in [1.82, 2.24) is 4.90 Å². The van der Waals surface area contributed by atoms with Crippen LogP contribution in [0.15, 0.2) is 29.4 Å². The summed E-state index contributed by atoms with van der Waals surface area (Å²) in [6.45, 7) is 0. The van der Waals surface area contributed by atoms with E-state index in [2.05, 4.69) is 5.16 Å². The third-order valence-corrected chi connectivity index (χ3v) is 5.40. The number of fused-ring (bicyclic) bond motifs is 8. The number of hydrogen-bond acceptors (Lipinski definition) is 5. The van der Waals surface area contributed by atoms with Crippen molar-refractivity contribution in [3.8, 4) is 0 Å². The number of benzene rings is 1. The van der Waals surface area contributed by atoms with Gasteiger partial charge < -0.3 is 9.57 Å². The smallest absolute Gasteiger partial charge is 0.235 e. The van der Waals surface area contributed by atoms with Gasteiger partial charge >= 0.3 is 0 Å². The highest BCUT2D eigenvalue weighted by Crippen LogP contribution is 2.54. The van der Waals surface area contributed by atoms with E-state index < -0.39 is 24.0 Å². The van der Waals surface area contributed by atoms with E-state index in [1.165, 1.54) is 24.1 Å². The summed E-state index contributed by atoms with van der Waals surface area (Å²) < 4.78 is 19.0. The van der Waals surface area contributed by atoms with Crippen LogP contribution in [0, 0.1) is 23.6 Å². The van der Waals surface area contributed by atoms with E-state index in [4.69, 9.17) is 9.57 Å². The maximum absolute atomic E-state index is 13.1. The lowest BCUT2D eigenvalue weighted by atomic mass is 9.71. The van der Waals surface area contributed by atoms with Gasteiger partial charge in [-0.25, -0.2) is 4.39 Å². The molecule has 118 valence electrons. The van der Waals surface area contributed by atoms with Crippen molar-refractivity contribution in [3.05, 3.63) is 35.6 Å². The second-order valence-electron chi connectivity index (χ2n) is 6.43. The van der Waals surface area contributed by atoms with Crippen molar-refractivity contribution < 1.29 is 23.6 Å². The van der Waals surface area contributed by atoms with Gasteiger partial charge in [0.25, 0.3) is 0 Å². The maximum Gasteiger partial charge on any atom is 0.235 e. The van der Waals surface area contributed by atoms with E-state index >= 15 is 0 Å². The molecule has 3 saturated heterocycles. The van der Waals surface area contributed by atoms with Gasteiger partial charge in [-0.2, -0.15) is 0 Å². The first kappa shape index (κ1) is 13.2. The molecule has 1 aromatic carbocycles. The average Bonchev–Trinajstić information content (AvgIpc) is 3.26. The Morgan fingerprint density at radius 2 is 1.65 bits per heavy atom. The summed E-state index contributed by atoms with van der Waals surface area (Å²) in [5.74, 6) is -1.86. The van der Waals surface area contributed by atoms with Gasteiger partial charge in [-0.05, 0) is 12.1 Å². The first-order valence-corrected chi connectivity index (χ1v) is 7.54. The Balaban J connectivity index is 1.53. The highest BCUT2D eigenvalue weighted by Gasteiger charge is 2.71. The van der Waals surface area contributed by atoms with Gasteiger partial charge in [0, 0.05) is 12.6 Å². The molecule has 7 heteroatoms. The second-order valence-corrected chi connectivity index (χ2v) is 6.43. The predicted octanol–water partition coefficient (Wildman–Crippen LogP) is 0.557. The molecule has 4 aliphatic rings. The van der Waals surface area contributed by atoms with E-state index in [1.54, 1.807) is 12.1 Å². The number of rotatable bonds is 1. The number of oxime groups is 1. The molecule has 6 nitrogen and oxygen atoms in total. The Morgan fingerprint density at radius 1 is 1.00 bits per heavy atom. The fourth-order valence-corrected chi connectivity index (χ4v) is 4.37. The van der Waals surface area contributed by atoms with Crippen LogP contribution in [-0.2, 0) is 19.2 Å². The summed E-state index contributed by atoms with van der Waals surface area (Å²) in [4.78, 5) is 31.3. The molecular weight excluding hydrogens is 303 g/mol. The number of halogens is 1. The summed E-state index contributed by atoms with van der Waals surface area (Å²) >= 11 is 0. The number of ether oxygens (including phenoxy) is 1. The number of imide groups is 1. The highest BCUT2D eigenvalue weighted by atomic mass is 19.1. The zero-order valence-electron chi connectivity index (χ0n) is 12.2. The molecule has 1 aromatic rings. The van der Waals surface area contributed by atoms with Crippen molar-refractivity contribution in [2.24, 2.45) is 22.9 Å². The Hall–Kier alpha value is -2.28. The lowest BCUT2D eigenvalue weighted by molar-refractivity contribution is -0.141. The fourth-order valence-electron chi connectivity index (χ4n) is 4.37. The molecule has 0 aromatic heterocycles. The van der Waals surface area contributed by atoms with Crippen LogP contribution in [0.1, 0.15) is 5.56 Å². The van der Waals surface area contributed by atoms with Gasteiger partial charge in [0.2, 0.25) is 11.8 Å². The molecule has 6 unspecified atom stereocenters. The van der Waals surface area contributed by atoms with Crippen LogP contribution in [0.3, 0.4) is 0 Å². The van der Waals surface area contributed by atoms with Gasteiger partial charge in [0.05, 0.1) is 29.6 Å². The van der Waals surface area contributed by atoms with Gasteiger partial charge in [-0.1, -0.05) is 17.3 Å². The van der Waals surface area contributed by atoms with Crippen molar-refractivity contribution in [2.75, 3.05) is 7.05 Å². The standard InChI is InChI=1S/C16H13FN2O4/c1-19-15(20)8-9(16(19)21)13-14-10(12(8)22-13)11(18-23-14)6-2-4-7(17)5-3-6/h2-5,8-10,12-14H,1H3. The van der Waals surface area contributed by atoms with Gasteiger partial charge in [-0.15, -0.1) is 0 Å². The van der Waals surface area contributed by atoms with E-state index in [1.807, 2.05) is 0 Å². The molecule has 0 N–H and O–H groups in total. The quantitative estimate of drug-likeness (QED) is 0.710. The van der Waals surface area contributed by atoms with E-state index in [-0.39, 0.29) is 29.7 Å². The van der Waals surface area contributed by atoms with Crippen LogP contribution < -0.4 is 0 Å². The van der Waals surface area contributed by atoms with Crippen LogP contribution >= 0.6 is 0 Å². The van der Waals surface area contributed by atoms with Gasteiger partial charge in [-0.3, -0.25) is 14.5 Å². The average molecular weight is 316 g/mol. The van der Waals surface area contributed by atoms with Crippen LogP contribution in [0.25, 0.3) is 0 Å². The number of amides is 2. The topological polar surface area (TPSA) is 68.2 Å². The van der Waals surface area contributed by atoms with Crippen molar-refractivity contribution in [1.29, 1.82) is 0 Å². The summed E-state index contributed by atoms with van der Waals surface area (Å²) in [5, 5.41) is 4.14. The molecule has 0 spiro atoms. The van der Waals surface area contributed by atoms with E-state index in [9.17, 15) is 14.0 Å². The largest absolute Gasteiger partial charge is 0.389 e. The van der Waals surface area contributed by atoms with Gasteiger partial charge in [0.15, 0.2) is 6.10 Å². The normalized spacial score (nSPS) is 40.3. The van der Waals surface area contributed by atoms with E-state index in [0.29, 0.717) is 5.71 Å². The molecule has 0 saturated carbocycles. The van der Waals surface area contributed by atoms with E-state index in [0.717, 1.165) is 5.56 Å². The molecule has 3 fully saturated rings. The third-order valence-electron chi connectivity index (χ3n) is 5.40. The van der Waals surface area contributed by atoms with Crippen LogP contribution in [-0.4, -0.2) is 47.8 Å². The number of likely N-dealkylation sites (tertiary alicyclic amines) is 1. The predicted molar refractivity (Wildman–Crippen MR) is 74.7 cm³/mol. The molecule has 4 aliphatic heterocycles. The summed E-state index contributed by atoms with van der Waals surface area (Å²) in [5.41, 5.74) is 1.41. The Labute approximate surface area is 130 Å². The molecule has 2 amide bonds. The minimum Gasteiger partial charge on any atom is -0.389 e. The fraction of sp³-hybridized carbons (Fsp3) is 0.438. The molecule has 2 bridgehead atoms. The maximum atomic E-state index is 13.1. The van der Waals surface area contributed by atoms with Gasteiger partial charge in [0.1, 0.15) is 11.9 Å². The van der Waals surface area contributed by atoms with Crippen molar-refractivity contribution >= 4 is 17.5 Å². The number of hydrogen-bond donors (Lipinski definition) is 0. The monoisotopic (exact) mass is 316 g/mol. The molecule has 23 heavy (non-hydrogen) atoms. The zero-order valence-corrected chi connectivity index (χ0v) is 12.2. The number of nitrogens with zero attached hydrogens (tertiary/aromatic N) is 2. The Kier molecular flexibility index (Phi) is 2.39. The second kappa shape index (κ2) is 4.17.